The molecule has 2 aromatic rings. The number of halogens is 1. The molecule has 4 amide bonds. The maximum absolute atomic E-state index is 14.1. The molecule has 1 saturated heterocycles. The number of benzene rings is 2. The third-order valence-electron chi connectivity index (χ3n) is 10.2. The highest BCUT2D eigenvalue weighted by molar-refractivity contribution is 14.1. The molecule has 4 N–H and O–H groups in total. The summed E-state index contributed by atoms with van der Waals surface area (Å²) < 4.78 is 11.7. The summed E-state index contributed by atoms with van der Waals surface area (Å²) >= 11 is 2.20. The highest BCUT2D eigenvalue weighted by atomic mass is 127. The molecule has 51 heavy (non-hydrogen) atoms. The number of methoxy groups -OCH3 is 2. The number of nitrogens with one attached hydrogen (secondary N) is 2. The summed E-state index contributed by atoms with van der Waals surface area (Å²) in [5.41, 5.74) is 7.86. The number of hydrogen-bond acceptors (Lipinski definition) is 7. The molecule has 2 aromatic carbocycles. The number of rotatable bonds is 18. The number of likely N-dealkylation sites (N-methyl/N-ethyl adjacent to an activating group) is 1. The molecule has 0 unspecified atom stereocenters. The van der Waals surface area contributed by atoms with E-state index in [1.807, 2.05) is 56.1 Å². The van der Waals surface area contributed by atoms with E-state index in [-0.39, 0.29) is 64.3 Å². The molecular weight excluding hydrogens is 761 g/mol. The van der Waals surface area contributed by atoms with Crippen molar-refractivity contribution in [2.24, 2.45) is 17.8 Å². The number of alkyl halides is 1. The Balaban J connectivity index is 1.78. The standard InChI is InChI=1S/C39H58IN5O6/c1-9-25(4)35(44(6)39(49)34(40)24(2)3)32(50-7)23-33(46)45-21-13-16-31(45)36(51-8)26(5)37(47)43-30(22-27-14-11-10-12-15-27)38(48)42-29-19-17-28(41)18-20-29/h10-12,14-15,17-20,24-26,30-32,34-36H,9,13,16,21-23,41H2,1-8H3,(H,42,48)(H,43,47)/t25-,26+,30-,31-,32+,34-,35-,36+/m0/s1. The maximum atomic E-state index is 14.1. The lowest BCUT2D eigenvalue weighted by atomic mass is 9.90. The summed E-state index contributed by atoms with van der Waals surface area (Å²) in [5.74, 6) is -1.20. The Morgan fingerprint density at radius 2 is 1.63 bits per heavy atom. The van der Waals surface area contributed by atoms with Gasteiger partial charge in [0, 0.05) is 45.6 Å². The molecule has 0 bridgehead atoms. The molecule has 0 radical (unpaired) electrons. The van der Waals surface area contributed by atoms with Gasteiger partial charge in [-0.05, 0) is 54.5 Å². The first-order valence-electron chi connectivity index (χ1n) is 18.0. The van der Waals surface area contributed by atoms with E-state index in [0.717, 1.165) is 18.4 Å². The Hall–Kier alpha value is -3.23. The number of amides is 4. The second-order valence-electron chi connectivity index (χ2n) is 14.1. The Kier molecular flexibility index (Phi) is 16.6. The van der Waals surface area contributed by atoms with Gasteiger partial charge in [-0.25, -0.2) is 0 Å². The van der Waals surface area contributed by atoms with E-state index >= 15 is 0 Å². The molecule has 0 spiro atoms. The molecule has 1 aliphatic heterocycles. The minimum absolute atomic E-state index is 0.0245. The second-order valence-corrected chi connectivity index (χ2v) is 15.4. The van der Waals surface area contributed by atoms with E-state index in [0.29, 0.717) is 24.3 Å². The van der Waals surface area contributed by atoms with E-state index in [4.69, 9.17) is 15.2 Å². The molecule has 3 rings (SSSR count). The summed E-state index contributed by atoms with van der Waals surface area (Å²) in [5, 5.41) is 5.87. The highest BCUT2D eigenvalue weighted by Crippen LogP contribution is 2.30. The molecule has 1 heterocycles. The minimum atomic E-state index is -0.865. The van der Waals surface area contributed by atoms with Crippen LogP contribution in [0.5, 0.6) is 0 Å². The van der Waals surface area contributed by atoms with Crippen molar-refractivity contribution in [1.82, 2.24) is 15.1 Å². The van der Waals surface area contributed by atoms with Crippen molar-refractivity contribution < 1.29 is 28.7 Å². The number of ether oxygens (including phenoxy) is 2. The van der Waals surface area contributed by atoms with E-state index in [1.54, 1.807) is 50.3 Å². The monoisotopic (exact) mass is 819 g/mol. The highest BCUT2D eigenvalue weighted by Gasteiger charge is 2.43. The van der Waals surface area contributed by atoms with Gasteiger partial charge < -0.3 is 35.6 Å². The van der Waals surface area contributed by atoms with Crippen LogP contribution >= 0.6 is 22.6 Å². The van der Waals surface area contributed by atoms with Crippen molar-refractivity contribution in [3.8, 4) is 0 Å². The first kappa shape index (κ1) is 42.2. The molecule has 0 saturated carbocycles. The number of likely N-dealkylation sites (tertiary alicyclic amines) is 1. The van der Waals surface area contributed by atoms with Crippen LogP contribution < -0.4 is 16.4 Å². The van der Waals surface area contributed by atoms with Crippen LogP contribution in [0.4, 0.5) is 11.4 Å². The van der Waals surface area contributed by atoms with Gasteiger partial charge in [0.25, 0.3) is 0 Å². The lowest BCUT2D eigenvalue weighted by Crippen LogP contribution is -2.55. The van der Waals surface area contributed by atoms with E-state index in [1.165, 1.54) is 0 Å². The lowest BCUT2D eigenvalue weighted by molar-refractivity contribution is -0.146. The third kappa shape index (κ3) is 11.4. The zero-order valence-electron chi connectivity index (χ0n) is 31.4. The number of hydrogen-bond donors (Lipinski definition) is 3. The van der Waals surface area contributed by atoms with Gasteiger partial charge in [0.2, 0.25) is 23.6 Å². The molecule has 0 aliphatic carbocycles. The van der Waals surface area contributed by atoms with Crippen molar-refractivity contribution in [3.63, 3.8) is 0 Å². The summed E-state index contributed by atoms with van der Waals surface area (Å²) in [6.45, 7) is 10.5. The number of nitrogens with zero attached hydrogens (tertiary/aromatic N) is 2. The molecule has 8 atom stereocenters. The first-order valence-corrected chi connectivity index (χ1v) is 19.2. The Labute approximate surface area is 317 Å². The molecule has 1 fully saturated rings. The van der Waals surface area contributed by atoms with Crippen LogP contribution in [-0.4, -0.2) is 95.5 Å². The van der Waals surface area contributed by atoms with E-state index < -0.39 is 24.2 Å². The number of carbonyl (C=O) groups is 4. The summed E-state index contributed by atoms with van der Waals surface area (Å²) in [7, 11) is 4.96. The maximum Gasteiger partial charge on any atom is 0.247 e. The molecule has 12 heteroatoms. The average molecular weight is 820 g/mol. The Bertz CT molecular complexity index is 1430. The number of anilines is 2. The van der Waals surface area contributed by atoms with E-state index in [2.05, 4.69) is 47.1 Å². The van der Waals surface area contributed by atoms with Gasteiger partial charge in [-0.2, -0.15) is 0 Å². The predicted molar refractivity (Wildman–Crippen MR) is 210 cm³/mol. The van der Waals surface area contributed by atoms with Gasteiger partial charge in [-0.15, -0.1) is 0 Å². The summed E-state index contributed by atoms with van der Waals surface area (Å²) in [6.07, 6.45) is 1.50. The van der Waals surface area contributed by atoms with Crippen LogP contribution in [0.1, 0.15) is 65.9 Å². The van der Waals surface area contributed by atoms with Crippen LogP contribution in [-0.2, 0) is 35.1 Å². The Morgan fingerprint density at radius 3 is 2.20 bits per heavy atom. The van der Waals surface area contributed by atoms with Gasteiger partial charge >= 0.3 is 0 Å². The molecule has 1 aliphatic rings. The summed E-state index contributed by atoms with van der Waals surface area (Å²) in [4.78, 5) is 58.5. The fourth-order valence-electron chi connectivity index (χ4n) is 6.94. The van der Waals surface area contributed by atoms with E-state index in [9.17, 15) is 19.2 Å². The molecule has 0 aromatic heterocycles. The molecular formula is C39H58IN5O6. The van der Waals surface area contributed by atoms with Crippen molar-refractivity contribution in [2.75, 3.05) is 38.9 Å². The average Bonchev–Trinajstić information content (AvgIpc) is 3.61. The SMILES string of the molecule is CC[C@H](C)[C@@H]([C@@H](CC(=O)N1CCC[C@H]1[C@H](OC)[C@@H](C)C(=O)N[C@@H](Cc1ccccc1)C(=O)Nc1ccc(N)cc1)OC)N(C)C(=O)[C@@H](I)C(C)C. The van der Waals surface area contributed by atoms with Crippen molar-refractivity contribution in [3.05, 3.63) is 60.2 Å². The van der Waals surface area contributed by atoms with Crippen LogP contribution in [0, 0.1) is 17.8 Å². The van der Waals surface area contributed by atoms with Crippen LogP contribution in [0.15, 0.2) is 54.6 Å². The number of carbonyl (C=O) groups excluding carboxylic acids is 4. The van der Waals surface area contributed by atoms with Gasteiger partial charge in [-0.1, -0.05) is 94.0 Å². The topological polar surface area (TPSA) is 143 Å². The molecule has 282 valence electrons. The van der Waals surface area contributed by atoms with Crippen molar-refractivity contribution >= 4 is 57.6 Å². The van der Waals surface area contributed by atoms with Crippen LogP contribution in [0.25, 0.3) is 0 Å². The fourth-order valence-corrected chi connectivity index (χ4v) is 7.38. The quantitative estimate of drug-likeness (QED) is 0.105. The zero-order valence-corrected chi connectivity index (χ0v) is 33.6. The minimum Gasteiger partial charge on any atom is -0.399 e. The van der Waals surface area contributed by atoms with Crippen molar-refractivity contribution in [2.45, 2.75) is 101 Å². The smallest absolute Gasteiger partial charge is 0.247 e. The van der Waals surface area contributed by atoms with Gasteiger partial charge in [0.05, 0.1) is 40.6 Å². The fraction of sp³-hybridized carbons (Fsp3) is 0.590. The largest absolute Gasteiger partial charge is 0.399 e. The normalized spacial score (nSPS) is 18.6. The summed E-state index contributed by atoms with van der Waals surface area (Å²) in [6, 6.07) is 14.8. The lowest BCUT2D eigenvalue weighted by Gasteiger charge is -2.40. The van der Waals surface area contributed by atoms with Gasteiger partial charge in [0.15, 0.2) is 0 Å². The first-order chi connectivity index (χ1) is 24.2. The Morgan fingerprint density at radius 1 is 0.980 bits per heavy atom. The van der Waals surface area contributed by atoms with Crippen LogP contribution in [0.2, 0.25) is 0 Å². The second kappa shape index (κ2) is 20.1. The van der Waals surface area contributed by atoms with Crippen molar-refractivity contribution in [1.29, 1.82) is 0 Å². The zero-order chi connectivity index (χ0) is 37.8. The van der Waals surface area contributed by atoms with Crippen LogP contribution in [0.3, 0.4) is 0 Å². The van der Waals surface area contributed by atoms with Gasteiger partial charge in [-0.3, -0.25) is 19.2 Å². The van der Waals surface area contributed by atoms with Gasteiger partial charge in [0.1, 0.15) is 6.04 Å². The third-order valence-corrected chi connectivity index (χ3v) is 12.1. The number of nitrogens with two attached hydrogens (primary N) is 1. The molecule has 11 nitrogen and oxygen atoms in total. The number of nitrogen functional groups attached to an aromatic ring is 1. The predicted octanol–water partition coefficient (Wildman–Crippen LogP) is 5.31.